The third-order valence-corrected chi connectivity index (χ3v) is 7.97. The first-order valence-electron chi connectivity index (χ1n) is 10.7. The van der Waals surface area contributed by atoms with Crippen LogP contribution in [0.1, 0.15) is 18.1 Å². The molecular weight excluding hydrogens is 455 g/mol. The molecule has 2 aromatic carbocycles. The number of anilines is 1. The van der Waals surface area contributed by atoms with Crippen molar-refractivity contribution in [3.8, 4) is 0 Å². The largest absolute Gasteiger partial charge is 0.350 e. The fourth-order valence-electron chi connectivity index (χ4n) is 3.46. The van der Waals surface area contributed by atoms with Crippen LogP contribution in [0, 0.1) is 13.8 Å². The maximum Gasteiger partial charge on any atom is 0.240 e. The van der Waals surface area contributed by atoms with E-state index in [0.717, 1.165) is 30.3 Å². The van der Waals surface area contributed by atoms with Gasteiger partial charge >= 0.3 is 0 Å². The number of amides is 1. The summed E-state index contributed by atoms with van der Waals surface area (Å²) in [6, 6.07) is 14.1. The van der Waals surface area contributed by atoms with E-state index >= 15 is 0 Å². The number of aryl methyl sites for hydroxylation is 1. The quantitative estimate of drug-likeness (QED) is 0.334. The lowest BCUT2D eigenvalue weighted by molar-refractivity contribution is -0.119. The van der Waals surface area contributed by atoms with Gasteiger partial charge in [0.1, 0.15) is 6.54 Å². The molecule has 1 aliphatic carbocycles. The highest BCUT2D eigenvalue weighted by molar-refractivity contribution is 8.00. The molecule has 3 rings (SSSR count). The lowest BCUT2D eigenvalue weighted by atomic mass is 10.0. The van der Waals surface area contributed by atoms with Gasteiger partial charge in [-0.25, -0.2) is 0 Å². The van der Waals surface area contributed by atoms with E-state index < -0.39 is 0 Å². The minimum atomic E-state index is -0.0280. The molecule has 0 aliphatic heterocycles. The molecule has 2 unspecified atom stereocenters. The minimum absolute atomic E-state index is 0.0280. The molecule has 1 amide bonds. The Morgan fingerprint density at radius 2 is 1.97 bits per heavy atom. The van der Waals surface area contributed by atoms with E-state index in [-0.39, 0.29) is 12.5 Å². The average Bonchev–Trinajstić information content (AvgIpc) is 2.80. The molecule has 168 valence electrons. The Bertz CT molecular complexity index is 1050. The minimum Gasteiger partial charge on any atom is -0.350 e. The van der Waals surface area contributed by atoms with Crippen molar-refractivity contribution in [2.24, 2.45) is 0 Å². The van der Waals surface area contributed by atoms with E-state index in [1.807, 2.05) is 29.4 Å². The molecule has 2 aromatic rings. The summed E-state index contributed by atoms with van der Waals surface area (Å²) < 4.78 is 2.01. The highest BCUT2D eigenvalue weighted by Gasteiger charge is 2.18. The molecule has 3 nitrogen and oxygen atoms in total. The number of halogens is 1. The highest BCUT2D eigenvalue weighted by atomic mass is 35.5. The third kappa shape index (κ3) is 6.51. The lowest BCUT2D eigenvalue weighted by Gasteiger charge is -2.25. The summed E-state index contributed by atoms with van der Waals surface area (Å²) in [5.74, 6) is -0.0280. The van der Waals surface area contributed by atoms with Crippen molar-refractivity contribution >= 4 is 43.7 Å². The first-order chi connectivity index (χ1) is 15.4. The van der Waals surface area contributed by atoms with Crippen LogP contribution < -0.4 is 9.62 Å². The summed E-state index contributed by atoms with van der Waals surface area (Å²) in [5.41, 5.74) is 6.05. The molecule has 0 saturated heterocycles. The zero-order valence-electron chi connectivity index (χ0n) is 19.0. The van der Waals surface area contributed by atoms with E-state index in [1.165, 1.54) is 11.1 Å². The monoisotopic (exact) mass is 484 g/mol. The molecule has 6 heteroatoms. The normalized spacial score (nSPS) is 17.1. The molecule has 0 fully saturated rings. The lowest BCUT2D eigenvalue weighted by Crippen LogP contribution is -2.35. The van der Waals surface area contributed by atoms with Crippen LogP contribution in [-0.2, 0) is 4.79 Å². The molecule has 0 radical (unpaired) electrons. The van der Waals surface area contributed by atoms with Gasteiger partial charge in [-0.3, -0.25) is 4.79 Å². The van der Waals surface area contributed by atoms with Crippen molar-refractivity contribution in [2.75, 3.05) is 24.1 Å². The van der Waals surface area contributed by atoms with Crippen LogP contribution in [0.4, 0.5) is 5.69 Å². The smallest absolute Gasteiger partial charge is 0.240 e. The van der Waals surface area contributed by atoms with Crippen LogP contribution in [0.2, 0.25) is 5.02 Å². The maximum atomic E-state index is 12.9. The first-order valence-corrected chi connectivity index (χ1v) is 13.4. The van der Waals surface area contributed by atoms with Crippen LogP contribution in [0.15, 0.2) is 82.8 Å². The topological polar surface area (TPSA) is 32.3 Å². The van der Waals surface area contributed by atoms with Gasteiger partial charge in [0.2, 0.25) is 5.91 Å². The molecule has 1 N–H and O–H groups in total. The van der Waals surface area contributed by atoms with Gasteiger partial charge in [-0.15, -0.1) is 8.58 Å². The van der Waals surface area contributed by atoms with E-state index in [0.29, 0.717) is 17.2 Å². The molecule has 0 spiro atoms. The number of carbonyl (C=O) groups is 1. The summed E-state index contributed by atoms with van der Waals surface area (Å²) in [6.07, 6.45) is 8.73. The van der Waals surface area contributed by atoms with Gasteiger partial charge in [0.15, 0.2) is 0 Å². The van der Waals surface area contributed by atoms with E-state index in [4.69, 9.17) is 11.6 Å². The Labute approximate surface area is 202 Å². The summed E-state index contributed by atoms with van der Waals surface area (Å²) in [5, 5.41) is 3.78. The van der Waals surface area contributed by atoms with Gasteiger partial charge in [-0.1, -0.05) is 59.7 Å². The van der Waals surface area contributed by atoms with Crippen molar-refractivity contribution in [1.82, 2.24) is 5.32 Å². The summed E-state index contributed by atoms with van der Waals surface area (Å²) >= 11 is 7.92. The number of hydrogen-bond donors (Lipinski definition) is 1. The van der Waals surface area contributed by atoms with E-state index in [2.05, 4.69) is 74.4 Å². The molecule has 0 aromatic heterocycles. The van der Waals surface area contributed by atoms with Crippen molar-refractivity contribution in [3.05, 3.63) is 94.1 Å². The number of hydrogen-bond acceptors (Lipinski definition) is 3. The number of allylic oxidation sites excluding steroid dienone is 4. The maximum absolute atomic E-state index is 12.9. The number of benzene rings is 2. The Hall–Kier alpha value is -2.00. The molecule has 32 heavy (non-hydrogen) atoms. The van der Waals surface area contributed by atoms with Gasteiger partial charge in [0, 0.05) is 22.1 Å². The number of nitrogens with one attached hydrogen (secondary N) is 1. The van der Waals surface area contributed by atoms with Gasteiger partial charge in [0.05, 0.1) is 5.69 Å². The zero-order valence-corrected chi connectivity index (χ0v) is 21.6. The fraction of sp³-hybridized carbons (Fsp3) is 0.269. The molecule has 0 saturated carbocycles. The van der Waals surface area contributed by atoms with Crippen LogP contribution in [0.25, 0.3) is 0 Å². The molecule has 2 atom stereocenters. The molecule has 0 bridgehead atoms. The molecule has 0 heterocycles. The first kappa shape index (κ1) is 24.6. The number of nitrogens with zero attached hydrogens (tertiary/aromatic N) is 1. The SMILES string of the molecule is C/C=C1/C=C(CNC(=O)CN(Sc2ccc(C)cc2)c2cccc(Cl)c2C)C=CC1PC. The second-order valence-corrected chi connectivity index (χ2v) is 10.4. The summed E-state index contributed by atoms with van der Waals surface area (Å²) in [6.45, 7) is 9.09. The Kier molecular flexibility index (Phi) is 9.04. The van der Waals surface area contributed by atoms with Gasteiger partial charge in [0.25, 0.3) is 0 Å². The fourth-order valence-corrected chi connectivity index (χ4v) is 5.50. The Morgan fingerprint density at radius 1 is 1.22 bits per heavy atom. The highest BCUT2D eigenvalue weighted by Crippen LogP contribution is 2.34. The summed E-state index contributed by atoms with van der Waals surface area (Å²) in [4.78, 5) is 14.0. The van der Waals surface area contributed by atoms with Gasteiger partial charge in [-0.2, -0.15) is 0 Å². The molecular formula is C26H30ClN2OPS. The second-order valence-electron chi connectivity index (χ2n) is 7.74. The Balaban J connectivity index is 1.72. The van der Waals surface area contributed by atoms with Crippen LogP contribution >= 0.6 is 32.1 Å². The van der Waals surface area contributed by atoms with Gasteiger partial charge < -0.3 is 9.62 Å². The van der Waals surface area contributed by atoms with Crippen molar-refractivity contribution in [1.29, 1.82) is 0 Å². The number of carbonyl (C=O) groups excluding carboxylic acids is 1. The van der Waals surface area contributed by atoms with Crippen LogP contribution in [0.3, 0.4) is 0 Å². The van der Waals surface area contributed by atoms with Crippen molar-refractivity contribution < 1.29 is 4.79 Å². The van der Waals surface area contributed by atoms with E-state index in [9.17, 15) is 4.79 Å². The third-order valence-electron chi connectivity index (χ3n) is 5.38. The van der Waals surface area contributed by atoms with Crippen LogP contribution in [0.5, 0.6) is 0 Å². The predicted molar refractivity (Wildman–Crippen MR) is 143 cm³/mol. The van der Waals surface area contributed by atoms with Crippen molar-refractivity contribution in [3.63, 3.8) is 0 Å². The standard InChI is InChI=1S/C26H30ClN2OPS/c1-5-21-15-20(11-14-25(21)31-4)16-28-26(30)17-29(24-8-6-7-23(27)19(24)3)32-22-12-9-18(2)10-13-22/h5-15,25,31H,16-17H2,1-4H3,(H,28,30)/b21-5-. The summed E-state index contributed by atoms with van der Waals surface area (Å²) in [7, 11) is 0.837. The second kappa shape index (κ2) is 11.7. The average molecular weight is 485 g/mol. The number of rotatable bonds is 8. The van der Waals surface area contributed by atoms with Gasteiger partial charge in [-0.05, 0) is 80.4 Å². The molecule has 1 aliphatic rings. The van der Waals surface area contributed by atoms with E-state index in [1.54, 1.807) is 11.9 Å². The van der Waals surface area contributed by atoms with Crippen LogP contribution in [-0.4, -0.2) is 31.3 Å². The van der Waals surface area contributed by atoms with Crippen molar-refractivity contribution in [2.45, 2.75) is 31.3 Å². The zero-order chi connectivity index (χ0) is 23.1. The predicted octanol–water partition coefficient (Wildman–Crippen LogP) is 6.71. The Morgan fingerprint density at radius 3 is 2.66 bits per heavy atom.